The number of hydrogen-bond donors (Lipinski definition) is 4. The van der Waals surface area contributed by atoms with Crippen LogP contribution in [0.15, 0.2) is 29.3 Å². The van der Waals surface area contributed by atoms with Crippen LogP contribution in [0, 0.1) is 5.41 Å². The van der Waals surface area contributed by atoms with Gasteiger partial charge >= 0.3 is 0 Å². The summed E-state index contributed by atoms with van der Waals surface area (Å²) >= 11 is 0. The van der Waals surface area contributed by atoms with Gasteiger partial charge in [-0.15, -0.1) is 24.0 Å². The number of benzene rings is 1. The molecule has 1 unspecified atom stereocenters. The van der Waals surface area contributed by atoms with Crippen LogP contribution in [-0.4, -0.2) is 56.4 Å². The maximum atomic E-state index is 12.2. The maximum Gasteiger partial charge on any atom is 0.246 e. The third-order valence-corrected chi connectivity index (χ3v) is 4.80. The zero-order chi connectivity index (χ0) is 19.5. The number of carbonyl (C=O) groups excluding carboxylic acids is 1. The summed E-state index contributed by atoms with van der Waals surface area (Å²) in [6, 6.07) is 7.83. The molecule has 7 nitrogen and oxygen atoms in total. The van der Waals surface area contributed by atoms with Gasteiger partial charge in [-0.25, -0.2) is 4.99 Å². The fraction of sp³-hybridized carbons (Fsp3) is 0.600. The maximum absolute atomic E-state index is 12.2. The molecule has 158 valence electrons. The van der Waals surface area contributed by atoms with Crippen LogP contribution in [0.25, 0.3) is 0 Å². The number of aliphatic hydroxyl groups is 1. The quantitative estimate of drug-likeness (QED) is 0.235. The van der Waals surface area contributed by atoms with Crippen LogP contribution in [0.3, 0.4) is 0 Å². The molecule has 0 aliphatic carbocycles. The van der Waals surface area contributed by atoms with Crippen LogP contribution in [0.4, 0.5) is 5.69 Å². The molecule has 28 heavy (non-hydrogen) atoms. The molecule has 1 aliphatic rings. The van der Waals surface area contributed by atoms with Crippen molar-refractivity contribution in [1.82, 2.24) is 10.6 Å². The molecule has 1 atom stereocenters. The van der Waals surface area contributed by atoms with Crippen molar-refractivity contribution in [2.24, 2.45) is 10.4 Å². The second kappa shape index (κ2) is 12.9. The SMILES string of the molecule is CCNC(=NCC(=O)Nc1cccc(CC)c1)NCC1(CCO)CCOC1.I. The van der Waals surface area contributed by atoms with Gasteiger partial charge in [0, 0.05) is 37.4 Å². The lowest BCUT2D eigenvalue weighted by Crippen LogP contribution is -2.44. The van der Waals surface area contributed by atoms with Crippen LogP contribution in [0.2, 0.25) is 0 Å². The van der Waals surface area contributed by atoms with Crippen molar-refractivity contribution in [3.63, 3.8) is 0 Å². The lowest BCUT2D eigenvalue weighted by Gasteiger charge is -2.27. The van der Waals surface area contributed by atoms with Gasteiger partial charge in [-0.05, 0) is 43.9 Å². The first-order valence-corrected chi connectivity index (χ1v) is 9.70. The third kappa shape index (κ3) is 7.92. The molecule has 1 heterocycles. The predicted molar refractivity (Wildman–Crippen MR) is 123 cm³/mol. The Morgan fingerprint density at radius 2 is 2.14 bits per heavy atom. The number of nitrogens with one attached hydrogen (secondary N) is 3. The Balaban J connectivity index is 0.00000392. The van der Waals surface area contributed by atoms with Gasteiger partial charge in [-0.2, -0.15) is 0 Å². The van der Waals surface area contributed by atoms with Gasteiger partial charge < -0.3 is 25.8 Å². The monoisotopic (exact) mass is 504 g/mol. The Kier molecular flexibility index (Phi) is 11.4. The first-order chi connectivity index (χ1) is 13.1. The van der Waals surface area contributed by atoms with Crippen molar-refractivity contribution >= 4 is 41.5 Å². The van der Waals surface area contributed by atoms with Crippen molar-refractivity contribution in [2.75, 3.05) is 44.8 Å². The Bertz CT molecular complexity index is 634. The van der Waals surface area contributed by atoms with Crippen LogP contribution in [0.1, 0.15) is 32.3 Å². The van der Waals surface area contributed by atoms with E-state index in [1.165, 1.54) is 5.56 Å². The Hall–Kier alpha value is -1.39. The minimum absolute atomic E-state index is 0. The zero-order valence-electron chi connectivity index (χ0n) is 16.8. The van der Waals surface area contributed by atoms with Crippen molar-refractivity contribution in [3.8, 4) is 0 Å². The molecule has 4 N–H and O–H groups in total. The molecule has 0 aromatic heterocycles. The highest BCUT2D eigenvalue weighted by Gasteiger charge is 2.34. The first kappa shape index (κ1) is 24.6. The summed E-state index contributed by atoms with van der Waals surface area (Å²) in [6.45, 7) is 6.94. The minimum atomic E-state index is -0.158. The van der Waals surface area contributed by atoms with E-state index >= 15 is 0 Å². The topological polar surface area (TPSA) is 95.0 Å². The van der Waals surface area contributed by atoms with E-state index in [4.69, 9.17) is 4.74 Å². The normalized spacial score (nSPS) is 19.0. The molecule has 0 bridgehead atoms. The standard InChI is InChI=1S/C20H32N4O3.HI/c1-3-16-6-5-7-17(12-16)24-18(26)13-22-19(21-4-2)23-14-20(8-10-25)9-11-27-15-20;/h5-7,12,25H,3-4,8-11,13-15H2,1-2H3,(H,24,26)(H2,21,22,23);1H. The third-order valence-electron chi connectivity index (χ3n) is 4.80. The number of halogens is 1. The molecule has 1 saturated heterocycles. The molecule has 0 radical (unpaired) electrons. The molecule has 2 rings (SSSR count). The Labute approximate surface area is 184 Å². The average molecular weight is 504 g/mol. The van der Waals surface area contributed by atoms with Gasteiger partial charge in [0.1, 0.15) is 6.54 Å². The first-order valence-electron chi connectivity index (χ1n) is 9.70. The molecule has 0 spiro atoms. The number of aliphatic imine (C=N–C) groups is 1. The van der Waals surface area contributed by atoms with Gasteiger partial charge in [0.05, 0.1) is 6.61 Å². The predicted octanol–water partition coefficient (Wildman–Crippen LogP) is 2.15. The highest BCUT2D eigenvalue weighted by Crippen LogP contribution is 2.31. The number of aliphatic hydroxyl groups excluding tert-OH is 1. The summed E-state index contributed by atoms with van der Waals surface area (Å²) in [5.74, 6) is 0.439. The second-order valence-corrected chi connectivity index (χ2v) is 6.93. The van der Waals surface area contributed by atoms with E-state index in [2.05, 4.69) is 27.9 Å². The number of rotatable bonds is 9. The molecule has 0 saturated carbocycles. The van der Waals surface area contributed by atoms with E-state index in [0.717, 1.165) is 18.5 Å². The fourth-order valence-electron chi connectivity index (χ4n) is 3.15. The minimum Gasteiger partial charge on any atom is -0.396 e. The Morgan fingerprint density at radius 1 is 1.32 bits per heavy atom. The lowest BCUT2D eigenvalue weighted by molar-refractivity contribution is -0.114. The molecule has 1 aromatic carbocycles. The molecule has 1 amide bonds. The largest absolute Gasteiger partial charge is 0.396 e. The van der Waals surface area contributed by atoms with E-state index in [9.17, 15) is 9.90 Å². The number of ether oxygens (including phenoxy) is 1. The molecular formula is C20H33IN4O3. The van der Waals surface area contributed by atoms with E-state index in [1.54, 1.807) is 0 Å². The number of nitrogens with zero attached hydrogens (tertiary/aromatic N) is 1. The number of amides is 1. The van der Waals surface area contributed by atoms with Gasteiger partial charge in [-0.1, -0.05) is 19.1 Å². The molecule has 8 heteroatoms. The van der Waals surface area contributed by atoms with Gasteiger partial charge in [0.25, 0.3) is 0 Å². The number of anilines is 1. The van der Waals surface area contributed by atoms with Crippen LogP contribution >= 0.6 is 24.0 Å². The van der Waals surface area contributed by atoms with E-state index in [1.807, 2.05) is 31.2 Å². The summed E-state index contributed by atoms with van der Waals surface area (Å²) in [7, 11) is 0. The number of carbonyl (C=O) groups is 1. The van der Waals surface area contributed by atoms with E-state index in [0.29, 0.717) is 38.7 Å². The summed E-state index contributed by atoms with van der Waals surface area (Å²) in [4.78, 5) is 16.6. The number of guanidine groups is 1. The molecular weight excluding hydrogens is 471 g/mol. The molecule has 1 aliphatic heterocycles. The smallest absolute Gasteiger partial charge is 0.246 e. The van der Waals surface area contributed by atoms with Crippen LogP contribution < -0.4 is 16.0 Å². The zero-order valence-corrected chi connectivity index (χ0v) is 19.1. The van der Waals surface area contributed by atoms with Gasteiger partial charge in [-0.3, -0.25) is 4.79 Å². The van der Waals surface area contributed by atoms with Crippen LogP contribution in [0.5, 0.6) is 0 Å². The fourth-order valence-corrected chi connectivity index (χ4v) is 3.15. The lowest BCUT2D eigenvalue weighted by atomic mass is 9.84. The van der Waals surface area contributed by atoms with E-state index < -0.39 is 0 Å². The highest BCUT2D eigenvalue weighted by molar-refractivity contribution is 14.0. The number of hydrogen-bond acceptors (Lipinski definition) is 4. The highest BCUT2D eigenvalue weighted by atomic mass is 127. The summed E-state index contributed by atoms with van der Waals surface area (Å²) < 4.78 is 5.51. The average Bonchev–Trinajstić information content (AvgIpc) is 3.13. The Morgan fingerprint density at radius 3 is 2.79 bits per heavy atom. The van der Waals surface area contributed by atoms with Crippen molar-refractivity contribution in [2.45, 2.75) is 33.1 Å². The summed E-state index contributed by atoms with van der Waals surface area (Å²) in [6.07, 6.45) is 2.53. The number of aryl methyl sites for hydroxylation is 1. The van der Waals surface area contributed by atoms with Crippen molar-refractivity contribution in [1.29, 1.82) is 0 Å². The van der Waals surface area contributed by atoms with Crippen LogP contribution in [-0.2, 0) is 16.0 Å². The second-order valence-electron chi connectivity index (χ2n) is 6.93. The summed E-state index contributed by atoms with van der Waals surface area (Å²) in [5, 5.41) is 18.7. The van der Waals surface area contributed by atoms with Crippen molar-refractivity contribution < 1.29 is 14.6 Å². The summed E-state index contributed by atoms with van der Waals surface area (Å²) in [5.41, 5.74) is 1.89. The molecule has 1 fully saturated rings. The van der Waals surface area contributed by atoms with Crippen molar-refractivity contribution in [3.05, 3.63) is 29.8 Å². The van der Waals surface area contributed by atoms with Gasteiger partial charge in [0.2, 0.25) is 5.91 Å². The van der Waals surface area contributed by atoms with Gasteiger partial charge in [0.15, 0.2) is 5.96 Å². The van der Waals surface area contributed by atoms with E-state index in [-0.39, 0.29) is 48.5 Å². The molecule has 1 aromatic rings.